The standard InChI is InChI=1S/C16H17ClN2O3/c1-10(11-6-7-13(21-2)14(9-11)22-3)19-16(20)12-5-4-8-18-15(12)17/h4-10H,1-3H3,(H,19,20). The topological polar surface area (TPSA) is 60.5 Å². The van der Waals surface area contributed by atoms with Crippen LogP contribution in [0.2, 0.25) is 5.15 Å². The number of nitrogens with zero attached hydrogens (tertiary/aromatic N) is 1. The fourth-order valence-electron chi connectivity index (χ4n) is 2.04. The Morgan fingerprint density at radius 2 is 1.95 bits per heavy atom. The average Bonchev–Trinajstić information content (AvgIpc) is 2.54. The highest BCUT2D eigenvalue weighted by Crippen LogP contribution is 2.30. The fraction of sp³-hybridized carbons (Fsp3) is 0.250. The second kappa shape index (κ2) is 7.13. The number of hydrogen-bond donors (Lipinski definition) is 1. The summed E-state index contributed by atoms with van der Waals surface area (Å²) in [6.45, 7) is 1.88. The molecular formula is C16H17ClN2O3. The van der Waals surface area contributed by atoms with Crippen molar-refractivity contribution in [1.29, 1.82) is 0 Å². The van der Waals surface area contributed by atoms with Crippen LogP contribution in [0.3, 0.4) is 0 Å². The third-order valence-corrected chi connectivity index (χ3v) is 3.56. The monoisotopic (exact) mass is 320 g/mol. The Labute approximate surface area is 134 Å². The lowest BCUT2D eigenvalue weighted by atomic mass is 10.1. The lowest BCUT2D eigenvalue weighted by Gasteiger charge is -2.16. The number of rotatable bonds is 5. The Hall–Kier alpha value is -2.27. The molecule has 0 bridgehead atoms. The molecule has 0 saturated carbocycles. The van der Waals surface area contributed by atoms with Crippen molar-refractivity contribution in [3.05, 3.63) is 52.8 Å². The molecule has 0 spiro atoms. The molecule has 116 valence electrons. The molecule has 1 unspecified atom stereocenters. The van der Waals surface area contributed by atoms with Crippen molar-refractivity contribution < 1.29 is 14.3 Å². The predicted octanol–water partition coefficient (Wildman–Crippen LogP) is 3.24. The van der Waals surface area contributed by atoms with Crippen molar-refractivity contribution in [3.63, 3.8) is 0 Å². The first-order valence-electron chi connectivity index (χ1n) is 6.70. The number of benzene rings is 1. The van der Waals surface area contributed by atoms with Crippen molar-refractivity contribution in [2.24, 2.45) is 0 Å². The lowest BCUT2D eigenvalue weighted by Crippen LogP contribution is -2.27. The van der Waals surface area contributed by atoms with E-state index in [1.165, 1.54) is 6.20 Å². The van der Waals surface area contributed by atoms with E-state index in [1.54, 1.807) is 32.4 Å². The van der Waals surface area contributed by atoms with Crippen LogP contribution in [0.1, 0.15) is 28.9 Å². The molecule has 0 aliphatic rings. The first kappa shape index (κ1) is 16.1. The Morgan fingerprint density at radius 1 is 1.23 bits per heavy atom. The molecule has 0 radical (unpaired) electrons. The minimum absolute atomic E-state index is 0.180. The minimum Gasteiger partial charge on any atom is -0.493 e. The molecule has 0 aliphatic carbocycles. The molecule has 2 rings (SSSR count). The SMILES string of the molecule is COc1ccc(C(C)NC(=O)c2cccnc2Cl)cc1OC. The van der Waals surface area contributed by atoms with Gasteiger partial charge in [-0.1, -0.05) is 17.7 Å². The van der Waals surface area contributed by atoms with Crippen molar-refractivity contribution in [1.82, 2.24) is 10.3 Å². The summed E-state index contributed by atoms with van der Waals surface area (Å²) in [6.07, 6.45) is 1.54. The van der Waals surface area contributed by atoms with E-state index in [9.17, 15) is 4.79 Å². The van der Waals surface area contributed by atoms with Crippen LogP contribution in [-0.2, 0) is 0 Å². The van der Waals surface area contributed by atoms with Crippen LogP contribution >= 0.6 is 11.6 Å². The molecule has 0 aliphatic heterocycles. The van der Waals surface area contributed by atoms with E-state index in [0.29, 0.717) is 17.1 Å². The maximum Gasteiger partial charge on any atom is 0.254 e. The number of pyridine rings is 1. The highest BCUT2D eigenvalue weighted by molar-refractivity contribution is 6.32. The fourth-order valence-corrected chi connectivity index (χ4v) is 2.24. The van der Waals surface area contributed by atoms with Gasteiger partial charge in [-0.15, -0.1) is 0 Å². The van der Waals surface area contributed by atoms with Crippen molar-refractivity contribution in [2.75, 3.05) is 14.2 Å². The molecule has 1 N–H and O–H groups in total. The van der Waals surface area contributed by atoms with E-state index >= 15 is 0 Å². The summed E-state index contributed by atoms with van der Waals surface area (Å²) in [5, 5.41) is 3.06. The maximum atomic E-state index is 12.2. The van der Waals surface area contributed by atoms with Gasteiger partial charge in [0.15, 0.2) is 11.5 Å². The molecule has 22 heavy (non-hydrogen) atoms. The van der Waals surface area contributed by atoms with Crippen LogP contribution in [-0.4, -0.2) is 25.1 Å². The predicted molar refractivity (Wildman–Crippen MR) is 84.7 cm³/mol. The first-order chi connectivity index (χ1) is 10.6. The third-order valence-electron chi connectivity index (χ3n) is 3.26. The highest BCUT2D eigenvalue weighted by Gasteiger charge is 2.16. The molecule has 1 amide bonds. The number of halogens is 1. The van der Waals surface area contributed by atoms with Crippen molar-refractivity contribution in [3.8, 4) is 11.5 Å². The van der Waals surface area contributed by atoms with Gasteiger partial charge in [0.2, 0.25) is 0 Å². The summed E-state index contributed by atoms with van der Waals surface area (Å²) < 4.78 is 10.5. The van der Waals surface area contributed by atoms with Gasteiger partial charge in [-0.25, -0.2) is 4.98 Å². The number of amides is 1. The van der Waals surface area contributed by atoms with Crippen LogP contribution in [0.15, 0.2) is 36.5 Å². The molecular weight excluding hydrogens is 304 g/mol. The quantitative estimate of drug-likeness (QED) is 0.859. The minimum atomic E-state index is -0.277. The zero-order valence-electron chi connectivity index (χ0n) is 12.6. The Morgan fingerprint density at radius 3 is 2.59 bits per heavy atom. The summed E-state index contributed by atoms with van der Waals surface area (Å²) in [4.78, 5) is 16.1. The molecule has 1 atom stereocenters. The molecule has 6 heteroatoms. The van der Waals surface area contributed by atoms with E-state index in [-0.39, 0.29) is 17.1 Å². The van der Waals surface area contributed by atoms with Crippen molar-refractivity contribution in [2.45, 2.75) is 13.0 Å². The van der Waals surface area contributed by atoms with Gasteiger partial charge in [0.1, 0.15) is 5.15 Å². The molecule has 2 aromatic rings. The number of hydrogen-bond acceptors (Lipinski definition) is 4. The molecule has 0 fully saturated rings. The first-order valence-corrected chi connectivity index (χ1v) is 7.08. The van der Waals surface area contributed by atoms with Crippen LogP contribution in [0.25, 0.3) is 0 Å². The van der Waals surface area contributed by atoms with Crippen LogP contribution in [0, 0.1) is 0 Å². The molecule has 0 saturated heterocycles. The number of aromatic nitrogens is 1. The van der Waals surface area contributed by atoms with E-state index < -0.39 is 0 Å². The van der Waals surface area contributed by atoms with E-state index in [2.05, 4.69) is 10.3 Å². The van der Waals surface area contributed by atoms with Gasteiger partial charge in [0.05, 0.1) is 25.8 Å². The van der Waals surface area contributed by atoms with Crippen molar-refractivity contribution >= 4 is 17.5 Å². The van der Waals surface area contributed by atoms with E-state index in [1.807, 2.05) is 19.1 Å². The highest BCUT2D eigenvalue weighted by atomic mass is 35.5. The summed E-state index contributed by atoms with van der Waals surface area (Å²) >= 11 is 5.93. The number of ether oxygens (including phenoxy) is 2. The van der Waals surface area contributed by atoms with Gasteiger partial charge in [0, 0.05) is 6.20 Å². The molecule has 1 aromatic carbocycles. The smallest absolute Gasteiger partial charge is 0.254 e. The summed E-state index contributed by atoms with van der Waals surface area (Å²) in [7, 11) is 3.15. The Balaban J connectivity index is 2.17. The average molecular weight is 321 g/mol. The second-order valence-electron chi connectivity index (χ2n) is 4.65. The largest absolute Gasteiger partial charge is 0.493 e. The van der Waals surface area contributed by atoms with Gasteiger partial charge in [-0.2, -0.15) is 0 Å². The summed E-state index contributed by atoms with van der Waals surface area (Å²) in [5.41, 5.74) is 1.24. The third kappa shape index (κ3) is 3.49. The van der Waals surface area contributed by atoms with E-state index in [4.69, 9.17) is 21.1 Å². The molecule has 1 aromatic heterocycles. The Kier molecular flexibility index (Phi) is 5.22. The van der Waals surface area contributed by atoms with Gasteiger partial charge in [0.25, 0.3) is 5.91 Å². The lowest BCUT2D eigenvalue weighted by molar-refractivity contribution is 0.0939. The molecule has 5 nitrogen and oxygen atoms in total. The second-order valence-corrected chi connectivity index (χ2v) is 5.01. The Bertz CT molecular complexity index is 676. The number of carbonyl (C=O) groups excluding carboxylic acids is 1. The number of methoxy groups -OCH3 is 2. The zero-order chi connectivity index (χ0) is 16.1. The normalized spacial score (nSPS) is 11.6. The van der Waals surface area contributed by atoms with E-state index in [0.717, 1.165) is 5.56 Å². The van der Waals surface area contributed by atoms with Gasteiger partial charge >= 0.3 is 0 Å². The van der Waals surface area contributed by atoms with Gasteiger partial charge in [-0.05, 0) is 36.8 Å². The molecule has 1 heterocycles. The van der Waals surface area contributed by atoms with Crippen LogP contribution in [0.5, 0.6) is 11.5 Å². The maximum absolute atomic E-state index is 12.2. The van der Waals surface area contributed by atoms with Crippen LogP contribution in [0.4, 0.5) is 0 Å². The van der Waals surface area contributed by atoms with Gasteiger partial charge in [-0.3, -0.25) is 4.79 Å². The summed E-state index contributed by atoms with van der Waals surface area (Å²) in [5.74, 6) is 0.973. The summed E-state index contributed by atoms with van der Waals surface area (Å²) in [6, 6.07) is 8.58. The van der Waals surface area contributed by atoms with Gasteiger partial charge < -0.3 is 14.8 Å². The van der Waals surface area contributed by atoms with Crippen LogP contribution < -0.4 is 14.8 Å². The number of nitrogens with one attached hydrogen (secondary N) is 1. The number of carbonyl (C=O) groups is 1. The zero-order valence-corrected chi connectivity index (χ0v) is 13.3.